The average molecular weight is 395 g/mol. The number of halogens is 3. The Bertz CT molecular complexity index is 790. The number of nitrogens with one attached hydrogen (secondary N) is 2. The molecule has 2 aromatic carbocycles. The number of benzene rings is 2. The minimum Gasteiger partial charge on any atom is -0.504 e. The third-order valence-electron chi connectivity index (χ3n) is 4.04. The van der Waals surface area contributed by atoms with E-state index >= 15 is 0 Å². The third kappa shape index (κ3) is 6.07. The average Bonchev–Trinajstić information content (AvgIpc) is 2.66. The number of alkyl halides is 3. The number of guanidine groups is 1. The Hall–Kier alpha value is -2.90. The van der Waals surface area contributed by atoms with E-state index in [0.29, 0.717) is 36.8 Å². The van der Waals surface area contributed by atoms with E-state index in [-0.39, 0.29) is 12.3 Å². The van der Waals surface area contributed by atoms with Crippen molar-refractivity contribution in [3.8, 4) is 11.5 Å². The molecule has 0 aromatic heterocycles. The van der Waals surface area contributed by atoms with E-state index in [1.165, 1.54) is 19.2 Å². The van der Waals surface area contributed by atoms with Crippen LogP contribution in [-0.2, 0) is 19.1 Å². The summed E-state index contributed by atoms with van der Waals surface area (Å²) in [7, 11) is 1.48. The summed E-state index contributed by atoms with van der Waals surface area (Å²) in [5.41, 5.74) is 0.762. The van der Waals surface area contributed by atoms with Gasteiger partial charge in [-0.2, -0.15) is 13.2 Å². The van der Waals surface area contributed by atoms with Crippen molar-refractivity contribution in [3.63, 3.8) is 0 Å². The summed E-state index contributed by atoms with van der Waals surface area (Å²) in [6.07, 6.45) is -3.78. The van der Waals surface area contributed by atoms with E-state index in [2.05, 4.69) is 15.6 Å². The van der Waals surface area contributed by atoms with Crippen molar-refractivity contribution in [1.29, 1.82) is 0 Å². The van der Waals surface area contributed by atoms with Gasteiger partial charge in [0, 0.05) is 18.7 Å². The van der Waals surface area contributed by atoms with Crippen molar-refractivity contribution in [2.75, 3.05) is 20.2 Å². The van der Waals surface area contributed by atoms with Gasteiger partial charge in [0.2, 0.25) is 0 Å². The van der Waals surface area contributed by atoms with Crippen LogP contribution in [0.2, 0.25) is 0 Å². The van der Waals surface area contributed by atoms with Crippen LogP contribution >= 0.6 is 0 Å². The molecule has 0 amide bonds. The molecule has 2 aromatic rings. The number of methoxy groups -OCH3 is 1. The largest absolute Gasteiger partial charge is 0.504 e. The summed E-state index contributed by atoms with van der Waals surface area (Å²) in [5, 5.41) is 16.4. The smallest absolute Gasteiger partial charge is 0.416 e. The fraction of sp³-hybridized carbons (Fsp3) is 0.350. The van der Waals surface area contributed by atoms with E-state index in [4.69, 9.17) is 4.74 Å². The molecule has 8 heteroatoms. The molecular weight excluding hydrogens is 371 g/mol. The Balaban J connectivity index is 1.95. The monoisotopic (exact) mass is 395 g/mol. The van der Waals surface area contributed by atoms with Crippen molar-refractivity contribution in [2.24, 2.45) is 4.99 Å². The highest BCUT2D eigenvalue weighted by Crippen LogP contribution is 2.30. The fourth-order valence-electron chi connectivity index (χ4n) is 2.55. The molecule has 28 heavy (non-hydrogen) atoms. The first-order valence-corrected chi connectivity index (χ1v) is 8.88. The number of phenolic OH excluding ortho intramolecular Hbond substituents is 1. The number of rotatable bonds is 7. The molecule has 0 fully saturated rings. The predicted molar refractivity (Wildman–Crippen MR) is 103 cm³/mol. The molecule has 0 aliphatic heterocycles. The molecule has 0 spiro atoms. The summed E-state index contributed by atoms with van der Waals surface area (Å²) in [6, 6.07) is 10.3. The summed E-state index contributed by atoms with van der Waals surface area (Å²) in [5.74, 6) is 0.985. The summed E-state index contributed by atoms with van der Waals surface area (Å²) < 4.78 is 42.9. The molecule has 0 saturated heterocycles. The van der Waals surface area contributed by atoms with Gasteiger partial charge in [-0.25, -0.2) is 4.99 Å². The van der Waals surface area contributed by atoms with Crippen LogP contribution in [0.25, 0.3) is 0 Å². The molecule has 152 valence electrons. The third-order valence-corrected chi connectivity index (χ3v) is 4.04. The number of hydrogen-bond donors (Lipinski definition) is 3. The van der Waals surface area contributed by atoms with Crippen LogP contribution in [0, 0.1) is 0 Å². The number of aromatic hydroxyl groups is 1. The molecule has 0 radical (unpaired) electrons. The van der Waals surface area contributed by atoms with Crippen LogP contribution in [0.4, 0.5) is 13.2 Å². The first-order valence-electron chi connectivity index (χ1n) is 8.88. The lowest BCUT2D eigenvalue weighted by Gasteiger charge is -2.12. The van der Waals surface area contributed by atoms with Crippen LogP contribution in [0.1, 0.15) is 23.6 Å². The number of ether oxygens (including phenoxy) is 1. The van der Waals surface area contributed by atoms with Crippen LogP contribution in [-0.4, -0.2) is 31.3 Å². The molecule has 3 N–H and O–H groups in total. The quantitative estimate of drug-likeness (QED) is 0.494. The van der Waals surface area contributed by atoms with Gasteiger partial charge in [0.15, 0.2) is 17.5 Å². The molecule has 2 rings (SSSR count). The van der Waals surface area contributed by atoms with Gasteiger partial charge < -0.3 is 20.5 Å². The predicted octanol–water partition coefficient (Wildman–Crippen LogP) is 3.72. The van der Waals surface area contributed by atoms with Gasteiger partial charge in [0.25, 0.3) is 0 Å². The van der Waals surface area contributed by atoms with Gasteiger partial charge in [-0.1, -0.05) is 24.3 Å². The van der Waals surface area contributed by atoms with Crippen molar-refractivity contribution < 1.29 is 23.0 Å². The van der Waals surface area contributed by atoms with Gasteiger partial charge in [0.05, 0.1) is 19.2 Å². The number of nitrogens with zero attached hydrogens (tertiary/aromatic N) is 1. The van der Waals surface area contributed by atoms with E-state index in [1.54, 1.807) is 18.2 Å². The maximum Gasteiger partial charge on any atom is 0.416 e. The summed E-state index contributed by atoms with van der Waals surface area (Å²) in [6.45, 7) is 3.33. The van der Waals surface area contributed by atoms with E-state index < -0.39 is 11.7 Å². The molecule has 0 aliphatic carbocycles. The highest BCUT2D eigenvalue weighted by atomic mass is 19.4. The van der Waals surface area contributed by atoms with E-state index in [1.807, 2.05) is 6.92 Å². The zero-order valence-corrected chi connectivity index (χ0v) is 15.8. The first-order chi connectivity index (χ1) is 13.3. The first kappa shape index (κ1) is 21.4. The number of phenols is 1. The van der Waals surface area contributed by atoms with Gasteiger partial charge in [-0.05, 0) is 37.1 Å². The summed E-state index contributed by atoms with van der Waals surface area (Å²) in [4.78, 5) is 4.43. The highest BCUT2D eigenvalue weighted by Gasteiger charge is 2.29. The van der Waals surface area contributed by atoms with E-state index in [0.717, 1.165) is 17.7 Å². The van der Waals surface area contributed by atoms with Crippen LogP contribution in [0.3, 0.4) is 0 Å². The maximum absolute atomic E-state index is 12.6. The number of aliphatic imine (C=N–C) groups is 1. The van der Waals surface area contributed by atoms with Gasteiger partial charge >= 0.3 is 6.18 Å². The van der Waals surface area contributed by atoms with Crippen LogP contribution < -0.4 is 15.4 Å². The maximum atomic E-state index is 12.6. The fourth-order valence-corrected chi connectivity index (χ4v) is 2.55. The van der Waals surface area contributed by atoms with Crippen molar-refractivity contribution >= 4 is 5.96 Å². The molecular formula is C20H24F3N3O2. The Morgan fingerprint density at radius 3 is 2.43 bits per heavy atom. The normalized spacial score (nSPS) is 12.0. The second kappa shape index (κ2) is 9.87. The Labute approximate surface area is 162 Å². The Kier molecular flexibility index (Phi) is 7.54. The Morgan fingerprint density at radius 2 is 1.82 bits per heavy atom. The van der Waals surface area contributed by atoms with Gasteiger partial charge in [0.1, 0.15) is 0 Å². The zero-order valence-electron chi connectivity index (χ0n) is 15.8. The lowest BCUT2D eigenvalue weighted by molar-refractivity contribution is -0.137. The summed E-state index contributed by atoms with van der Waals surface area (Å²) >= 11 is 0. The molecule has 0 bridgehead atoms. The second-order valence-corrected chi connectivity index (χ2v) is 6.03. The second-order valence-electron chi connectivity index (χ2n) is 6.03. The standard InChI is InChI=1S/C20H24F3N3O2/c1-3-24-19(26-13-15-5-4-6-17(28-2)18(15)27)25-12-11-14-7-9-16(10-8-14)20(21,22)23/h4-10,27H,3,11-13H2,1-2H3,(H2,24,25,26). The van der Waals surface area contributed by atoms with Gasteiger partial charge in [-0.3, -0.25) is 0 Å². The number of hydrogen-bond acceptors (Lipinski definition) is 3. The lowest BCUT2D eigenvalue weighted by atomic mass is 10.1. The molecule has 0 heterocycles. The highest BCUT2D eigenvalue weighted by molar-refractivity contribution is 5.79. The molecule has 0 atom stereocenters. The molecule has 0 saturated carbocycles. The molecule has 0 aliphatic rings. The van der Waals surface area contributed by atoms with Crippen molar-refractivity contribution in [1.82, 2.24) is 10.6 Å². The van der Waals surface area contributed by atoms with E-state index in [9.17, 15) is 18.3 Å². The van der Waals surface area contributed by atoms with Crippen molar-refractivity contribution in [2.45, 2.75) is 26.1 Å². The Morgan fingerprint density at radius 1 is 1.11 bits per heavy atom. The van der Waals surface area contributed by atoms with Crippen LogP contribution in [0.15, 0.2) is 47.5 Å². The SMILES string of the molecule is CCNC(=NCc1cccc(OC)c1O)NCCc1ccc(C(F)(F)F)cc1. The minimum absolute atomic E-state index is 0.0503. The van der Waals surface area contributed by atoms with Gasteiger partial charge in [-0.15, -0.1) is 0 Å². The molecule has 5 nitrogen and oxygen atoms in total. The lowest BCUT2D eigenvalue weighted by Crippen LogP contribution is -2.38. The van der Waals surface area contributed by atoms with Crippen LogP contribution in [0.5, 0.6) is 11.5 Å². The zero-order chi connectivity index (χ0) is 20.6. The number of para-hydroxylation sites is 1. The minimum atomic E-state index is -4.33. The van der Waals surface area contributed by atoms with Crippen molar-refractivity contribution in [3.05, 3.63) is 59.2 Å². The topological polar surface area (TPSA) is 65.9 Å². The molecule has 0 unspecified atom stereocenters.